The van der Waals surface area contributed by atoms with Crippen molar-refractivity contribution < 1.29 is 19.1 Å². The standard InChI is InChI=1S/C19H16O5/c1-3-23-15-10-5-4-7-12(15)17-11(2)16(20)13-8-6-9-14(19(21)22)18(13)24-17/h4-10H,3H2,1-2H3,(H,21,22). The SMILES string of the molecule is CCOc1ccccc1-c1oc2c(C(=O)O)cccc2c(=O)c1C. The number of carboxylic acid groups (broad SMARTS) is 1. The molecule has 24 heavy (non-hydrogen) atoms. The topological polar surface area (TPSA) is 76.7 Å². The van der Waals surface area contributed by atoms with Gasteiger partial charge in [0.2, 0.25) is 0 Å². The smallest absolute Gasteiger partial charge is 0.339 e. The van der Waals surface area contributed by atoms with Gasteiger partial charge in [0.25, 0.3) is 0 Å². The Morgan fingerprint density at radius 1 is 1.17 bits per heavy atom. The van der Waals surface area contributed by atoms with Crippen molar-refractivity contribution in [3.8, 4) is 17.1 Å². The van der Waals surface area contributed by atoms with Gasteiger partial charge in [0.05, 0.1) is 17.6 Å². The van der Waals surface area contributed by atoms with Crippen LogP contribution in [0.3, 0.4) is 0 Å². The van der Waals surface area contributed by atoms with Crippen LogP contribution in [0.15, 0.2) is 51.7 Å². The summed E-state index contributed by atoms with van der Waals surface area (Å²) in [5.41, 5.74) is 0.815. The highest BCUT2D eigenvalue weighted by Gasteiger charge is 2.19. The van der Waals surface area contributed by atoms with Gasteiger partial charge in [-0.1, -0.05) is 18.2 Å². The molecule has 0 amide bonds. The number of hydrogen-bond acceptors (Lipinski definition) is 4. The quantitative estimate of drug-likeness (QED) is 0.788. The summed E-state index contributed by atoms with van der Waals surface area (Å²) in [5, 5.41) is 9.61. The predicted molar refractivity (Wildman–Crippen MR) is 90.8 cm³/mol. The first-order valence-electron chi connectivity index (χ1n) is 7.56. The molecule has 2 aromatic carbocycles. The third-order valence-corrected chi connectivity index (χ3v) is 3.81. The average molecular weight is 324 g/mol. The van der Waals surface area contributed by atoms with E-state index in [4.69, 9.17) is 9.15 Å². The van der Waals surface area contributed by atoms with E-state index in [0.717, 1.165) is 0 Å². The molecule has 1 aromatic heterocycles. The van der Waals surface area contributed by atoms with Gasteiger partial charge < -0.3 is 14.3 Å². The number of carboxylic acids is 1. The van der Waals surface area contributed by atoms with Crippen molar-refractivity contribution in [2.75, 3.05) is 6.61 Å². The van der Waals surface area contributed by atoms with Gasteiger partial charge in [-0.15, -0.1) is 0 Å². The minimum Gasteiger partial charge on any atom is -0.493 e. The molecule has 0 bridgehead atoms. The minimum atomic E-state index is -1.14. The predicted octanol–water partition coefficient (Wildman–Crippen LogP) is 3.87. The highest BCUT2D eigenvalue weighted by molar-refractivity contribution is 6.01. The van der Waals surface area contributed by atoms with Gasteiger partial charge in [-0.05, 0) is 38.1 Å². The third-order valence-electron chi connectivity index (χ3n) is 3.81. The Kier molecular flexibility index (Phi) is 4.08. The Hall–Kier alpha value is -3.08. The monoisotopic (exact) mass is 324 g/mol. The summed E-state index contributed by atoms with van der Waals surface area (Å²) in [6.45, 7) is 3.99. The summed E-state index contributed by atoms with van der Waals surface area (Å²) in [7, 11) is 0. The molecule has 5 heteroatoms. The zero-order valence-electron chi connectivity index (χ0n) is 13.3. The van der Waals surface area contributed by atoms with Gasteiger partial charge in [0.15, 0.2) is 11.0 Å². The van der Waals surface area contributed by atoms with Crippen LogP contribution >= 0.6 is 0 Å². The maximum atomic E-state index is 12.7. The van der Waals surface area contributed by atoms with E-state index in [-0.39, 0.29) is 22.0 Å². The largest absolute Gasteiger partial charge is 0.493 e. The lowest BCUT2D eigenvalue weighted by Crippen LogP contribution is -2.10. The number of rotatable bonds is 4. The molecule has 3 aromatic rings. The molecule has 122 valence electrons. The zero-order valence-corrected chi connectivity index (χ0v) is 13.3. The molecule has 0 spiro atoms. The molecule has 0 atom stereocenters. The van der Waals surface area contributed by atoms with Crippen molar-refractivity contribution in [1.29, 1.82) is 0 Å². The molecule has 0 aliphatic heterocycles. The van der Waals surface area contributed by atoms with E-state index in [2.05, 4.69) is 0 Å². The van der Waals surface area contributed by atoms with Gasteiger partial charge in [-0.3, -0.25) is 4.79 Å². The summed E-state index contributed by atoms with van der Waals surface area (Å²) < 4.78 is 11.5. The van der Waals surface area contributed by atoms with Crippen molar-refractivity contribution in [2.45, 2.75) is 13.8 Å². The summed E-state index contributed by atoms with van der Waals surface area (Å²) >= 11 is 0. The molecule has 0 saturated carbocycles. The van der Waals surface area contributed by atoms with Crippen LogP contribution in [0.4, 0.5) is 0 Å². The van der Waals surface area contributed by atoms with Crippen LogP contribution in [0.1, 0.15) is 22.8 Å². The lowest BCUT2D eigenvalue weighted by molar-refractivity contribution is 0.0698. The fraction of sp³-hybridized carbons (Fsp3) is 0.158. The van der Waals surface area contributed by atoms with Gasteiger partial charge in [-0.2, -0.15) is 0 Å². The van der Waals surface area contributed by atoms with E-state index >= 15 is 0 Å². The van der Waals surface area contributed by atoms with Gasteiger partial charge >= 0.3 is 5.97 Å². The van der Waals surface area contributed by atoms with Gasteiger partial charge in [0.1, 0.15) is 17.1 Å². The third kappa shape index (κ3) is 2.54. The minimum absolute atomic E-state index is 0.0419. The fourth-order valence-corrected chi connectivity index (χ4v) is 2.67. The Labute approximate surface area is 138 Å². The Morgan fingerprint density at radius 3 is 2.62 bits per heavy atom. The lowest BCUT2D eigenvalue weighted by atomic mass is 10.0. The molecular weight excluding hydrogens is 308 g/mol. The van der Waals surface area contributed by atoms with Crippen LogP contribution in [-0.2, 0) is 0 Å². The van der Waals surface area contributed by atoms with Crippen LogP contribution in [0.25, 0.3) is 22.3 Å². The number of benzene rings is 2. The van der Waals surface area contributed by atoms with Crippen LogP contribution in [0.2, 0.25) is 0 Å². The van der Waals surface area contributed by atoms with E-state index in [9.17, 15) is 14.7 Å². The molecule has 3 rings (SSSR count). The molecule has 5 nitrogen and oxygen atoms in total. The average Bonchev–Trinajstić information content (AvgIpc) is 2.58. The van der Waals surface area contributed by atoms with Crippen molar-refractivity contribution in [2.24, 2.45) is 0 Å². The molecule has 1 heterocycles. The Bertz CT molecular complexity index is 985. The molecule has 0 saturated heterocycles. The maximum absolute atomic E-state index is 12.7. The summed E-state index contributed by atoms with van der Waals surface area (Å²) in [5.74, 6) is -0.236. The number of hydrogen-bond donors (Lipinski definition) is 1. The first-order chi connectivity index (χ1) is 11.5. The van der Waals surface area contributed by atoms with E-state index in [1.807, 2.05) is 19.1 Å². The van der Waals surface area contributed by atoms with Crippen LogP contribution in [-0.4, -0.2) is 17.7 Å². The zero-order chi connectivity index (χ0) is 17.3. The molecule has 0 radical (unpaired) electrons. The Balaban J connectivity index is 2.38. The molecule has 0 fully saturated rings. The molecule has 0 aliphatic rings. The van der Waals surface area contributed by atoms with E-state index < -0.39 is 5.97 Å². The molecule has 0 aliphatic carbocycles. The van der Waals surface area contributed by atoms with Crippen molar-refractivity contribution >= 4 is 16.9 Å². The van der Waals surface area contributed by atoms with E-state index in [0.29, 0.717) is 29.2 Å². The second-order valence-corrected chi connectivity index (χ2v) is 5.30. The number of aromatic carboxylic acids is 1. The number of fused-ring (bicyclic) bond motifs is 1. The van der Waals surface area contributed by atoms with Crippen molar-refractivity contribution in [3.05, 3.63) is 63.8 Å². The van der Waals surface area contributed by atoms with Crippen molar-refractivity contribution in [3.63, 3.8) is 0 Å². The Morgan fingerprint density at radius 2 is 1.92 bits per heavy atom. The molecule has 1 N–H and O–H groups in total. The van der Waals surface area contributed by atoms with Crippen LogP contribution in [0, 0.1) is 6.92 Å². The number of carbonyl (C=O) groups is 1. The van der Waals surface area contributed by atoms with E-state index in [1.54, 1.807) is 25.1 Å². The highest BCUT2D eigenvalue weighted by Crippen LogP contribution is 2.33. The van der Waals surface area contributed by atoms with Crippen LogP contribution < -0.4 is 10.2 Å². The normalized spacial score (nSPS) is 10.8. The maximum Gasteiger partial charge on any atom is 0.339 e. The molecular formula is C19H16O5. The summed E-state index contributed by atoms with van der Waals surface area (Å²) in [6.07, 6.45) is 0. The number of ether oxygens (including phenoxy) is 1. The van der Waals surface area contributed by atoms with Gasteiger partial charge in [-0.25, -0.2) is 4.79 Å². The highest BCUT2D eigenvalue weighted by atomic mass is 16.5. The lowest BCUT2D eigenvalue weighted by Gasteiger charge is -2.12. The second kappa shape index (κ2) is 6.20. The molecule has 0 unspecified atom stereocenters. The van der Waals surface area contributed by atoms with E-state index in [1.165, 1.54) is 12.1 Å². The van der Waals surface area contributed by atoms with Gasteiger partial charge in [0, 0.05) is 5.56 Å². The fourth-order valence-electron chi connectivity index (χ4n) is 2.67. The second-order valence-electron chi connectivity index (χ2n) is 5.30. The number of para-hydroxylation sites is 2. The first kappa shape index (κ1) is 15.8. The van der Waals surface area contributed by atoms with Crippen LogP contribution in [0.5, 0.6) is 5.75 Å². The summed E-state index contributed by atoms with van der Waals surface area (Å²) in [4.78, 5) is 24.1. The summed E-state index contributed by atoms with van der Waals surface area (Å²) in [6, 6.07) is 11.7. The first-order valence-corrected chi connectivity index (χ1v) is 7.56. The van der Waals surface area contributed by atoms with Crippen molar-refractivity contribution in [1.82, 2.24) is 0 Å².